The van der Waals surface area contributed by atoms with E-state index in [9.17, 15) is 4.79 Å². The molecule has 1 unspecified atom stereocenters. The Hall–Kier alpha value is -1.26. The number of carbonyl (C=O) groups is 1. The van der Waals surface area contributed by atoms with Gasteiger partial charge in [0, 0.05) is 24.7 Å². The molecule has 5 heteroatoms. The first-order valence-corrected chi connectivity index (χ1v) is 7.38. The summed E-state index contributed by atoms with van der Waals surface area (Å²) in [7, 11) is 0. The molecule has 1 aliphatic rings. The molecule has 1 amide bonds. The Kier molecular flexibility index (Phi) is 5.26. The smallest absolute Gasteiger partial charge is 0.263 e. The van der Waals surface area contributed by atoms with Gasteiger partial charge in [0.25, 0.3) is 5.91 Å². The molecule has 0 aromatic heterocycles. The first-order valence-electron chi connectivity index (χ1n) is 7.00. The number of hydrogen-bond acceptors (Lipinski definition) is 3. The predicted molar refractivity (Wildman–Crippen MR) is 80.3 cm³/mol. The molecular formula is C15H21ClN2O2. The summed E-state index contributed by atoms with van der Waals surface area (Å²) in [6, 6.07) is 5.44. The lowest BCUT2D eigenvalue weighted by Crippen LogP contribution is -2.42. The van der Waals surface area contributed by atoms with E-state index >= 15 is 0 Å². The van der Waals surface area contributed by atoms with Gasteiger partial charge in [0.2, 0.25) is 0 Å². The van der Waals surface area contributed by atoms with Gasteiger partial charge in [-0.2, -0.15) is 0 Å². The highest BCUT2D eigenvalue weighted by Crippen LogP contribution is 2.22. The number of ether oxygens (including phenoxy) is 1. The molecule has 2 rings (SSSR count). The fraction of sp³-hybridized carbons (Fsp3) is 0.533. The number of hydrogen-bond donors (Lipinski definition) is 1. The van der Waals surface area contributed by atoms with Crippen molar-refractivity contribution in [2.75, 3.05) is 26.2 Å². The van der Waals surface area contributed by atoms with Gasteiger partial charge in [-0.25, -0.2) is 0 Å². The van der Waals surface area contributed by atoms with E-state index in [1.807, 2.05) is 17.9 Å². The Morgan fingerprint density at radius 1 is 1.40 bits per heavy atom. The summed E-state index contributed by atoms with van der Waals surface area (Å²) >= 11 is 5.98. The third-order valence-corrected chi connectivity index (χ3v) is 3.87. The fourth-order valence-corrected chi connectivity index (χ4v) is 2.39. The molecule has 1 aliphatic heterocycles. The lowest BCUT2D eigenvalue weighted by atomic mass is 10.2. The van der Waals surface area contributed by atoms with E-state index in [0.717, 1.165) is 38.2 Å². The zero-order valence-electron chi connectivity index (χ0n) is 12.0. The summed E-state index contributed by atoms with van der Waals surface area (Å²) in [5, 5.41) is 3.99. The predicted octanol–water partition coefficient (Wildman–Crippen LogP) is 2.24. The average molecular weight is 297 g/mol. The van der Waals surface area contributed by atoms with Crippen molar-refractivity contribution in [1.82, 2.24) is 10.2 Å². The largest absolute Gasteiger partial charge is 0.481 e. The SMILES string of the molecule is Cc1cc(OC(C)C(=O)N2CCCNCC2)ccc1Cl. The molecule has 1 fully saturated rings. The maximum Gasteiger partial charge on any atom is 0.263 e. The van der Waals surface area contributed by atoms with Crippen molar-refractivity contribution in [3.05, 3.63) is 28.8 Å². The Balaban J connectivity index is 1.97. The zero-order valence-corrected chi connectivity index (χ0v) is 12.7. The van der Waals surface area contributed by atoms with Crippen molar-refractivity contribution < 1.29 is 9.53 Å². The molecule has 1 heterocycles. The second kappa shape index (κ2) is 6.95. The molecule has 1 atom stereocenters. The first-order chi connectivity index (χ1) is 9.58. The van der Waals surface area contributed by atoms with Gasteiger partial charge < -0.3 is 15.0 Å². The van der Waals surface area contributed by atoms with Crippen LogP contribution in [0.5, 0.6) is 5.75 Å². The molecule has 110 valence electrons. The highest BCUT2D eigenvalue weighted by molar-refractivity contribution is 6.31. The van der Waals surface area contributed by atoms with Gasteiger partial charge in [0.15, 0.2) is 6.10 Å². The van der Waals surface area contributed by atoms with E-state index < -0.39 is 6.10 Å². The van der Waals surface area contributed by atoms with Crippen molar-refractivity contribution in [2.24, 2.45) is 0 Å². The van der Waals surface area contributed by atoms with Crippen molar-refractivity contribution >= 4 is 17.5 Å². The van der Waals surface area contributed by atoms with Gasteiger partial charge in [-0.1, -0.05) is 11.6 Å². The molecule has 1 saturated heterocycles. The zero-order chi connectivity index (χ0) is 14.5. The standard InChI is InChI=1S/C15H21ClN2O2/c1-11-10-13(4-5-14(11)16)20-12(2)15(19)18-8-3-6-17-7-9-18/h4-5,10,12,17H,3,6-9H2,1-2H3. The molecule has 0 bridgehead atoms. The monoisotopic (exact) mass is 296 g/mol. The van der Waals surface area contributed by atoms with Gasteiger partial charge in [-0.15, -0.1) is 0 Å². The second-order valence-electron chi connectivity index (χ2n) is 5.10. The lowest BCUT2D eigenvalue weighted by molar-refractivity contribution is -0.137. The van der Waals surface area contributed by atoms with Crippen molar-refractivity contribution in [1.29, 1.82) is 0 Å². The van der Waals surface area contributed by atoms with Crippen LogP contribution in [-0.4, -0.2) is 43.1 Å². The van der Waals surface area contributed by atoms with Crippen molar-refractivity contribution in [2.45, 2.75) is 26.4 Å². The molecule has 0 saturated carbocycles. The average Bonchev–Trinajstić information content (AvgIpc) is 2.71. The van der Waals surface area contributed by atoms with Crippen LogP contribution in [0.1, 0.15) is 18.9 Å². The van der Waals surface area contributed by atoms with E-state index in [-0.39, 0.29) is 5.91 Å². The van der Waals surface area contributed by atoms with Crippen LogP contribution in [0.25, 0.3) is 0 Å². The number of rotatable bonds is 3. The van der Waals surface area contributed by atoms with Crippen LogP contribution in [0, 0.1) is 6.92 Å². The third-order valence-electron chi connectivity index (χ3n) is 3.44. The van der Waals surface area contributed by atoms with E-state index in [2.05, 4.69) is 5.32 Å². The van der Waals surface area contributed by atoms with E-state index in [1.165, 1.54) is 0 Å². The molecule has 4 nitrogen and oxygen atoms in total. The van der Waals surface area contributed by atoms with E-state index in [1.54, 1.807) is 19.1 Å². The van der Waals surface area contributed by atoms with Gasteiger partial charge >= 0.3 is 0 Å². The number of nitrogens with zero attached hydrogens (tertiary/aromatic N) is 1. The maximum absolute atomic E-state index is 12.4. The van der Waals surface area contributed by atoms with Gasteiger partial charge in [0.05, 0.1) is 0 Å². The minimum Gasteiger partial charge on any atom is -0.481 e. The van der Waals surface area contributed by atoms with E-state index in [4.69, 9.17) is 16.3 Å². The number of halogens is 1. The number of nitrogens with one attached hydrogen (secondary N) is 1. The van der Waals surface area contributed by atoms with Gasteiger partial charge in [-0.3, -0.25) is 4.79 Å². The minimum absolute atomic E-state index is 0.0429. The summed E-state index contributed by atoms with van der Waals surface area (Å²) in [4.78, 5) is 14.2. The number of carbonyl (C=O) groups excluding carboxylic acids is 1. The summed E-state index contributed by atoms with van der Waals surface area (Å²) in [5.74, 6) is 0.724. The number of benzene rings is 1. The molecule has 1 aromatic rings. The summed E-state index contributed by atoms with van der Waals surface area (Å²) < 4.78 is 5.74. The summed E-state index contributed by atoms with van der Waals surface area (Å²) in [6.07, 6.45) is 0.507. The molecular weight excluding hydrogens is 276 g/mol. The molecule has 0 spiro atoms. The molecule has 0 aliphatic carbocycles. The highest BCUT2D eigenvalue weighted by atomic mass is 35.5. The topological polar surface area (TPSA) is 41.6 Å². The molecule has 1 aromatic carbocycles. The van der Waals surface area contributed by atoms with Crippen molar-refractivity contribution in [3.8, 4) is 5.75 Å². The van der Waals surface area contributed by atoms with E-state index in [0.29, 0.717) is 10.8 Å². The summed E-state index contributed by atoms with van der Waals surface area (Å²) in [5.41, 5.74) is 0.947. The van der Waals surface area contributed by atoms with Crippen LogP contribution in [0.15, 0.2) is 18.2 Å². The van der Waals surface area contributed by atoms with Crippen LogP contribution in [0.2, 0.25) is 5.02 Å². The number of amides is 1. The van der Waals surface area contributed by atoms with Crippen LogP contribution >= 0.6 is 11.6 Å². The van der Waals surface area contributed by atoms with Crippen LogP contribution < -0.4 is 10.1 Å². The second-order valence-corrected chi connectivity index (χ2v) is 5.51. The Bertz CT molecular complexity index is 471. The normalized spacial score (nSPS) is 17.4. The Morgan fingerprint density at radius 3 is 2.95 bits per heavy atom. The molecule has 0 radical (unpaired) electrons. The van der Waals surface area contributed by atoms with Gasteiger partial charge in [0.1, 0.15) is 5.75 Å². The lowest BCUT2D eigenvalue weighted by Gasteiger charge is -2.24. The number of aryl methyl sites for hydroxylation is 1. The Labute approximate surface area is 125 Å². The molecule has 1 N–H and O–H groups in total. The van der Waals surface area contributed by atoms with Crippen LogP contribution in [0.3, 0.4) is 0 Å². The van der Waals surface area contributed by atoms with Crippen LogP contribution in [-0.2, 0) is 4.79 Å². The maximum atomic E-state index is 12.4. The first kappa shape index (κ1) is 15.1. The highest BCUT2D eigenvalue weighted by Gasteiger charge is 2.22. The summed E-state index contributed by atoms with van der Waals surface area (Å²) in [6.45, 7) is 7.06. The fourth-order valence-electron chi connectivity index (χ4n) is 2.27. The minimum atomic E-state index is -0.478. The van der Waals surface area contributed by atoms with Crippen LogP contribution in [0.4, 0.5) is 0 Å². The molecule has 20 heavy (non-hydrogen) atoms. The van der Waals surface area contributed by atoms with Crippen molar-refractivity contribution in [3.63, 3.8) is 0 Å². The van der Waals surface area contributed by atoms with Gasteiger partial charge in [-0.05, 0) is 50.6 Å². The third kappa shape index (κ3) is 3.87. The quantitative estimate of drug-likeness (QED) is 0.930. The Morgan fingerprint density at radius 2 is 2.20 bits per heavy atom.